The number of nitrogens with zero attached hydrogens (tertiary/aromatic N) is 1. The lowest BCUT2D eigenvalue weighted by molar-refractivity contribution is -0.0739. The summed E-state index contributed by atoms with van der Waals surface area (Å²) in [5.74, 6) is 1.55. The predicted molar refractivity (Wildman–Crippen MR) is 127 cm³/mol. The Bertz CT molecular complexity index is 735. The van der Waals surface area contributed by atoms with Crippen LogP contribution in [0.1, 0.15) is 76.5 Å². The highest BCUT2D eigenvalue weighted by atomic mass is 28.4. The maximum atomic E-state index is 9.31. The van der Waals surface area contributed by atoms with E-state index in [-0.39, 0.29) is 23.4 Å². The molecule has 1 aromatic rings. The van der Waals surface area contributed by atoms with Crippen LogP contribution in [-0.4, -0.2) is 34.7 Å². The molecular weight excluding hydrogens is 406 g/mol. The van der Waals surface area contributed by atoms with Gasteiger partial charge < -0.3 is 18.6 Å². The Labute approximate surface area is 190 Å². The summed E-state index contributed by atoms with van der Waals surface area (Å²) in [6.45, 7) is 13.3. The number of methoxy groups -OCH3 is 2. The number of ether oxygens (including phenoxy) is 3. The van der Waals surface area contributed by atoms with Gasteiger partial charge in [0.1, 0.15) is 11.5 Å². The van der Waals surface area contributed by atoms with Crippen molar-refractivity contribution in [2.75, 3.05) is 14.2 Å². The fourth-order valence-electron chi connectivity index (χ4n) is 3.89. The molecule has 0 saturated heterocycles. The first kappa shape index (κ1) is 25.7. The highest BCUT2D eigenvalue weighted by Gasteiger charge is 2.42. The van der Waals surface area contributed by atoms with Gasteiger partial charge in [-0.05, 0) is 62.0 Å². The summed E-state index contributed by atoms with van der Waals surface area (Å²) >= 11 is 0. The lowest BCUT2D eigenvalue weighted by Gasteiger charge is -2.42. The van der Waals surface area contributed by atoms with Gasteiger partial charge in [-0.25, -0.2) is 0 Å². The molecule has 0 bridgehead atoms. The Morgan fingerprint density at radius 1 is 1.10 bits per heavy atom. The lowest BCUT2D eigenvalue weighted by Crippen LogP contribution is -2.44. The number of benzene rings is 1. The molecule has 0 heterocycles. The minimum absolute atomic E-state index is 0.0528. The Balaban J connectivity index is 2.53. The summed E-state index contributed by atoms with van der Waals surface area (Å²) < 4.78 is 24.9. The zero-order valence-corrected chi connectivity index (χ0v) is 21.7. The van der Waals surface area contributed by atoms with Crippen LogP contribution in [0.4, 0.5) is 0 Å². The van der Waals surface area contributed by atoms with Gasteiger partial charge in [0, 0.05) is 12.0 Å². The van der Waals surface area contributed by atoms with Gasteiger partial charge in [-0.15, -0.1) is 0 Å². The van der Waals surface area contributed by atoms with Crippen molar-refractivity contribution >= 4 is 8.32 Å². The van der Waals surface area contributed by atoms with E-state index in [1.54, 1.807) is 14.2 Å². The SMILES string of the molecule is COc1cc([C@@H](O[Si](C)(C)C(C)(C)C)[C@H](CCC#N)OC2CCCC2)cc(OC)c1C. The molecule has 1 aliphatic rings. The van der Waals surface area contributed by atoms with Crippen molar-refractivity contribution in [3.05, 3.63) is 23.3 Å². The maximum Gasteiger partial charge on any atom is 0.193 e. The molecule has 6 heteroatoms. The molecule has 174 valence electrons. The highest BCUT2D eigenvalue weighted by molar-refractivity contribution is 6.74. The van der Waals surface area contributed by atoms with Crippen molar-refractivity contribution < 1.29 is 18.6 Å². The first-order chi connectivity index (χ1) is 14.5. The molecule has 0 aromatic heterocycles. The zero-order chi connectivity index (χ0) is 23.2. The van der Waals surface area contributed by atoms with Crippen LogP contribution < -0.4 is 9.47 Å². The van der Waals surface area contributed by atoms with Crippen molar-refractivity contribution in [2.45, 2.75) is 103 Å². The molecule has 0 radical (unpaired) electrons. The molecule has 0 amide bonds. The second-order valence-electron chi connectivity index (χ2n) is 10.1. The number of hydrogen-bond acceptors (Lipinski definition) is 5. The van der Waals surface area contributed by atoms with E-state index in [2.05, 4.69) is 39.9 Å². The summed E-state index contributed by atoms with van der Waals surface area (Å²) in [5, 5.41) is 9.37. The summed E-state index contributed by atoms with van der Waals surface area (Å²) in [6.07, 6.45) is 5.42. The predicted octanol–water partition coefficient (Wildman–Crippen LogP) is 6.71. The van der Waals surface area contributed by atoms with Crippen molar-refractivity contribution in [3.63, 3.8) is 0 Å². The quantitative estimate of drug-likeness (QED) is 0.373. The number of rotatable bonds is 10. The third-order valence-electron chi connectivity index (χ3n) is 6.88. The van der Waals surface area contributed by atoms with Crippen LogP contribution in [0.15, 0.2) is 12.1 Å². The van der Waals surface area contributed by atoms with Gasteiger partial charge in [-0.3, -0.25) is 0 Å². The summed E-state index contributed by atoms with van der Waals surface area (Å²) in [6, 6.07) is 6.40. The monoisotopic (exact) mass is 447 g/mol. The van der Waals surface area contributed by atoms with Crippen molar-refractivity contribution in [3.8, 4) is 17.6 Å². The summed E-state index contributed by atoms with van der Waals surface area (Å²) in [5.41, 5.74) is 1.95. The Morgan fingerprint density at radius 3 is 2.10 bits per heavy atom. The van der Waals surface area contributed by atoms with Crippen molar-refractivity contribution in [1.82, 2.24) is 0 Å². The van der Waals surface area contributed by atoms with Crippen LogP contribution in [0.5, 0.6) is 11.5 Å². The van der Waals surface area contributed by atoms with Gasteiger partial charge >= 0.3 is 0 Å². The van der Waals surface area contributed by atoms with E-state index in [4.69, 9.17) is 18.6 Å². The maximum absolute atomic E-state index is 9.31. The molecule has 2 atom stereocenters. The van der Waals surface area contributed by atoms with Gasteiger partial charge in [0.25, 0.3) is 0 Å². The third kappa shape index (κ3) is 6.47. The molecule has 1 aliphatic carbocycles. The molecule has 1 saturated carbocycles. The Kier molecular flexibility index (Phi) is 8.99. The Morgan fingerprint density at radius 2 is 1.65 bits per heavy atom. The Hall–Kier alpha value is -1.55. The van der Waals surface area contributed by atoms with Gasteiger partial charge in [-0.2, -0.15) is 5.26 Å². The van der Waals surface area contributed by atoms with Crippen LogP contribution in [-0.2, 0) is 9.16 Å². The molecule has 2 rings (SSSR count). The van der Waals surface area contributed by atoms with E-state index < -0.39 is 8.32 Å². The van der Waals surface area contributed by atoms with Crippen LogP contribution >= 0.6 is 0 Å². The first-order valence-electron chi connectivity index (χ1n) is 11.5. The van der Waals surface area contributed by atoms with Crippen LogP contribution in [0.25, 0.3) is 0 Å². The lowest BCUT2D eigenvalue weighted by atomic mass is 9.98. The third-order valence-corrected chi connectivity index (χ3v) is 11.3. The number of hydrogen-bond donors (Lipinski definition) is 0. The highest BCUT2D eigenvalue weighted by Crippen LogP contribution is 2.44. The second-order valence-corrected chi connectivity index (χ2v) is 14.9. The molecule has 0 N–H and O–H groups in total. The minimum atomic E-state index is -2.12. The van der Waals surface area contributed by atoms with E-state index in [1.807, 2.05) is 19.1 Å². The van der Waals surface area contributed by atoms with Crippen molar-refractivity contribution in [2.24, 2.45) is 0 Å². The van der Waals surface area contributed by atoms with E-state index in [0.717, 1.165) is 35.5 Å². The van der Waals surface area contributed by atoms with Crippen LogP contribution in [0, 0.1) is 18.3 Å². The molecule has 1 fully saturated rings. The molecule has 31 heavy (non-hydrogen) atoms. The summed E-state index contributed by atoms with van der Waals surface area (Å²) in [4.78, 5) is 0. The van der Waals surface area contributed by atoms with Gasteiger partial charge in [0.2, 0.25) is 0 Å². The average Bonchev–Trinajstić information content (AvgIpc) is 3.22. The van der Waals surface area contributed by atoms with Gasteiger partial charge in [0.15, 0.2) is 8.32 Å². The average molecular weight is 448 g/mol. The molecule has 5 nitrogen and oxygen atoms in total. The molecule has 1 aromatic carbocycles. The van der Waals surface area contributed by atoms with Crippen LogP contribution in [0.3, 0.4) is 0 Å². The largest absolute Gasteiger partial charge is 0.496 e. The van der Waals surface area contributed by atoms with Gasteiger partial charge in [0.05, 0.1) is 38.6 Å². The molecule has 0 spiro atoms. The fraction of sp³-hybridized carbons (Fsp3) is 0.720. The van der Waals surface area contributed by atoms with Crippen molar-refractivity contribution in [1.29, 1.82) is 5.26 Å². The van der Waals surface area contributed by atoms with Gasteiger partial charge in [-0.1, -0.05) is 33.6 Å². The zero-order valence-electron chi connectivity index (χ0n) is 20.7. The topological polar surface area (TPSA) is 60.7 Å². The second kappa shape index (κ2) is 10.8. The van der Waals surface area contributed by atoms with E-state index in [1.165, 1.54) is 12.8 Å². The van der Waals surface area contributed by atoms with Crippen LogP contribution in [0.2, 0.25) is 18.1 Å². The minimum Gasteiger partial charge on any atom is -0.496 e. The van der Waals surface area contributed by atoms with E-state index in [0.29, 0.717) is 12.8 Å². The fourth-order valence-corrected chi connectivity index (χ4v) is 5.17. The molecular formula is C25H41NO4Si. The standard InChI is InChI=1S/C25H41NO4Si/c1-18-22(27-5)16-19(17-23(18)28-6)24(30-31(7,8)25(2,3)4)21(14-11-15-26)29-20-12-9-10-13-20/h16-17,20-21,24H,9-14H2,1-8H3/t21-,24+/m0/s1. The summed E-state index contributed by atoms with van der Waals surface area (Å²) in [7, 11) is 1.23. The first-order valence-corrected chi connectivity index (χ1v) is 14.4. The molecule has 0 unspecified atom stereocenters. The van der Waals surface area contributed by atoms with E-state index >= 15 is 0 Å². The number of nitriles is 1. The normalized spacial score (nSPS) is 17.3. The smallest absolute Gasteiger partial charge is 0.193 e. The molecule has 0 aliphatic heterocycles. The van der Waals surface area contributed by atoms with E-state index in [9.17, 15) is 5.26 Å².